The Morgan fingerprint density at radius 3 is 3.00 bits per heavy atom. The molecule has 1 amide bonds. The molecule has 0 atom stereocenters. The van der Waals surface area contributed by atoms with Crippen molar-refractivity contribution in [3.05, 3.63) is 41.1 Å². The van der Waals surface area contributed by atoms with Gasteiger partial charge in [0.25, 0.3) is 5.91 Å². The third-order valence-electron chi connectivity index (χ3n) is 3.16. The highest BCUT2D eigenvalue weighted by Crippen LogP contribution is 2.22. The van der Waals surface area contributed by atoms with Crippen molar-refractivity contribution >= 4 is 11.9 Å². The van der Waals surface area contributed by atoms with Gasteiger partial charge >= 0.3 is 5.97 Å². The average Bonchev–Trinajstić information content (AvgIpc) is 3.06. The quantitative estimate of drug-likeness (QED) is 0.836. The summed E-state index contributed by atoms with van der Waals surface area (Å²) < 4.78 is 5.06. The minimum atomic E-state index is -1.09. The zero-order valence-electron chi connectivity index (χ0n) is 9.92. The third-order valence-corrected chi connectivity index (χ3v) is 3.16. The minimum absolute atomic E-state index is 0.0213. The molecule has 1 aliphatic rings. The molecule has 2 aromatic heterocycles. The average molecular weight is 261 g/mol. The van der Waals surface area contributed by atoms with Gasteiger partial charge in [-0.2, -0.15) is 5.10 Å². The molecule has 19 heavy (non-hydrogen) atoms. The molecule has 0 radical (unpaired) electrons. The summed E-state index contributed by atoms with van der Waals surface area (Å²) in [6, 6.07) is 3.23. The maximum Gasteiger partial charge on any atom is 0.356 e. The summed E-state index contributed by atoms with van der Waals surface area (Å²) in [5.74, 6) is -1.08. The van der Waals surface area contributed by atoms with Crippen LogP contribution in [0.1, 0.15) is 32.3 Å². The van der Waals surface area contributed by atoms with E-state index in [-0.39, 0.29) is 23.9 Å². The molecule has 1 aliphatic heterocycles. The standard InChI is InChI=1S/C12H11N3O4/c16-11(9-2-1-5-19-9)15-4-3-8-7(6-15)10(12(17)18)14-13-8/h1-2,5H,3-4,6H2,(H,13,14)(H,17,18). The maximum atomic E-state index is 12.1. The molecule has 3 heterocycles. The van der Waals surface area contributed by atoms with E-state index in [9.17, 15) is 9.59 Å². The third kappa shape index (κ3) is 1.88. The number of aromatic nitrogens is 2. The van der Waals surface area contributed by atoms with Crippen LogP contribution in [0.2, 0.25) is 0 Å². The number of fused-ring (bicyclic) bond motifs is 1. The van der Waals surface area contributed by atoms with Crippen LogP contribution in [-0.4, -0.2) is 38.6 Å². The van der Waals surface area contributed by atoms with E-state index in [0.29, 0.717) is 18.5 Å². The molecular weight excluding hydrogens is 250 g/mol. The van der Waals surface area contributed by atoms with E-state index in [2.05, 4.69) is 10.2 Å². The van der Waals surface area contributed by atoms with Crippen molar-refractivity contribution in [3.8, 4) is 0 Å². The van der Waals surface area contributed by atoms with Crippen LogP contribution in [0, 0.1) is 0 Å². The van der Waals surface area contributed by atoms with Gasteiger partial charge in [0.2, 0.25) is 0 Å². The monoisotopic (exact) mass is 261 g/mol. The molecule has 7 nitrogen and oxygen atoms in total. The molecule has 98 valence electrons. The van der Waals surface area contributed by atoms with E-state index in [4.69, 9.17) is 9.52 Å². The summed E-state index contributed by atoms with van der Waals surface area (Å²) in [7, 11) is 0. The summed E-state index contributed by atoms with van der Waals surface area (Å²) >= 11 is 0. The number of rotatable bonds is 2. The van der Waals surface area contributed by atoms with E-state index < -0.39 is 5.97 Å². The van der Waals surface area contributed by atoms with Gasteiger partial charge in [-0.05, 0) is 12.1 Å². The Balaban J connectivity index is 1.87. The van der Waals surface area contributed by atoms with Crippen molar-refractivity contribution in [2.24, 2.45) is 0 Å². The smallest absolute Gasteiger partial charge is 0.356 e. The lowest BCUT2D eigenvalue weighted by atomic mass is 10.1. The number of hydrogen-bond acceptors (Lipinski definition) is 4. The van der Waals surface area contributed by atoms with Gasteiger partial charge in [0.05, 0.1) is 12.8 Å². The van der Waals surface area contributed by atoms with E-state index in [1.807, 2.05) is 0 Å². The molecule has 0 aliphatic carbocycles. The number of hydrogen-bond donors (Lipinski definition) is 2. The molecule has 7 heteroatoms. The number of carbonyl (C=O) groups is 2. The number of nitrogens with one attached hydrogen (secondary N) is 1. The Morgan fingerprint density at radius 2 is 2.32 bits per heavy atom. The second kappa shape index (κ2) is 4.27. The summed E-state index contributed by atoms with van der Waals surface area (Å²) in [5, 5.41) is 15.5. The van der Waals surface area contributed by atoms with Gasteiger partial charge in [-0.15, -0.1) is 0 Å². The van der Waals surface area contributed by atoms with Crippen LogP contribution < -0.4 is 0 Å². The molecule has 0 fully saturated rings. The topological polar surface area (TPSA) is 99.4 Å². The fourth-order valence-electron chi connectivity index (χ4n) is 2.20. The van der Waals surface area contributed by atoms with Crippen molar-refractivity contribution in [3.63, 3.8) is 0 Å². The van der Waals surface area contributed by atoms with Gasteiger partial charge in [-0.25, -0.2) is 4.79 Å². The van der Waals surface area contributed by atoms with Gasteiger partial charge in [0, 0.05) is 24.2 Å². The van der Waals surface area contributed by atoms with Gasteiger partial charge in [0.15, 0.2) is 11.5 Å². The molecule has 2 N–H and O–H groups in total. The molecule has 3 rings (SSSR count). The number of aromatic carboxylic acids is 1. The molecule has 0 bridgehead atoms. The summed E-state index contributed by atoms with van der Waals surface area (Å²) in [4.78, 5) is 24.7. The lowest BCUT2D eigenvalue weighted by Gasteiger charge is -2.25. The number of carboxylic acids is 1. The van der Waals surface area contributed by atoms with E-state index in [1.54, 1.807) is 17.0 Å². The number of aromatic amines is 1. The van der Waals surface area contributed by atoms with Crippen LogP contribution in [0.25, 0.3) is 0 Å². The first-order chi connectivity index (χ1) is 9.16. The van der Waals surface area contributed by atoms with Crippen molar-refractivity contribution in [2.75, 3.05) is 6.54 Å². The number of carboxylic acid groups (broad SMARTS) is 1. The largest absolute Gasteiger partial charge is 0.476 e. The zero-order valence-corrected chi connectivity index (χ0v) is 9.92. The number of nitrogens with zero attached hydrogens (tertiary/aromatic N) is 2. The van der Waals surface area contributed by atoms with Crippen LogP contribution in [-0.2, 0) is 13.0 Å². The van der Waals surface area contributed by atoms with Crippen LogP contribution >= 0.6 is 0 Å². The zero-order chi connectivity index (χ0) is 13.4. The van der Waals surface area contributed by atoms with Crippen LogP contribution in [0.3, 0.4) is 0 Å². The first-order valence-corrected chi connectivity index (χ1v) is 5.79. The number of furan rings is 1. The highest BCUT2D eigenvalue weighted by molar-refractivity contribution is 5.92. The number of amides is 1. The second-order valence-corrected chi connectivity index (χ2v) is 4.29. The Kier molecular flexibility index (Phi) is 2.59. The predicted octanol–water partition coefficient (Wildman–Crippen LogP) is 0.899. The Labute approximate surface area is 107 Å². The van der Waals surface area contributed by atoms with Crippen LogP contribution in [0.4, 0.5) is 0 Å². The fraction of sp³-hybridized carbons (Fsp3) is 0.250. The Bertz CT molecular complexity index is 629. The lowest BCUT2D eigenvalue weighted by Crippen LogP contribution is -2.36. The van der Waals surface area contributed by atoms with Crippen molar-refractivity contribution in [2.45, 2.75) is 13.0 Å². The fourth-order valence-corrected chi connectivity index (χ4v) is 2.20. The number of carbonyl (C=O) groups excluding carboxylic acids is 1. The Morgan fingerprint density at radius 1 is 1.47 bits per heavy atom. The highest BCUT2D eigenvalue weighted by Gasteiger charge is 2.28. The molecule has 0 saturated heterocycles. The lowest BCUT2D eigenvalue weighted by molar-refractivity contribution is 0.0665. The summed E-state index contributed by atoms with van der Waals surface area (Å²) in [6.45, 7) is 0.737. The predicted molar refractivity (Wildman–Crippen MR) is 62.7 cm³/mol. The highest BCUT2D eigenvalue weighted by atomic mass is 16.4. The van der Waals surface area contributed by atoms with Crippen LogP contribution in [0.5, 0.6) is 0 Å². The normalized spacial score (nSPS) is 14.2. The van der Waals surface area contributed by atoms with Crippen molar-refractivity contribution in [1.29, 1.82) is 0 Å². The molecule has 0 aromatic carbocycles. The first kappa shape index (κ1) is 11.5. The molecule has 2 aromatic rings. The summed E-state index contributed by atoms with van der Waals surface area (Å²) in [5.41, 5.74) is 1.33. The molecule has 0 saturated carbocycles. The second-order valence-electron chi connectivity index (χ2n) is 4.29. The first-order valence-electron chi connectivity index (χ1n) is 5.79. The van der Waals surface area contributed by atoms with Crippen LogP contribution in [0.15, 0.2) is 22.8 Å². The van der Waals surface area contributed by atoms with Crippen molar-refractivity contribution in [1.82, 2.24) is 15.1 Å². The van der Waals surface area contributed by atoms with Gasteiger partial charge in [-0.3, -0.25) is 9.89 Å². The van der Waals surface area contributed by atoms with Gasteiger partial charge in [-0.1, -0.05) is 0 Å². The SMILES string of the molecule is O=C(O)c1n[nH]c2c1CN(C(=O)c1ccco1)CC2. The van der Waals surface area contributed by atoms with E-state index in [1.165, 1.54) is 6.26 Å². The van der Waals surface area contributed by atoms with Gasteiger partial charge in [0.1, 0.15) is 0 Å². The minimum Gasteiger partial charge on any atom is -0.476 e. The Hall–Kier alpha value is -2.57. The molecule has 0 unspecified atom stereocenters. The molecule has 0 spiro atoms. The summed E-state index contributed by atoms with van der Waals surface area (Å²) in [6.07, 6.45) is 1.99. The molecular formula is C12H11N3O4. The van der Waals surface area contributed by atoms with Gasteiger partial charge < -0.3 is 14.4 Å². The number of H-pyrrole nitrogens is 1. The van der Waals surface area contributed by atoms with Crippen molar-refractivity contribution < 1.29 is 19.1 Å². The maximum absolute atomic E-state index is 12.1. The van der Waals surface area contributed by atoms with E-state index in [0.717, 1.165) is 5.69 Å². The van der Waals surface area contributed by atoms with E-state index >= 15 is 0 Å².